The van der Waals surface area contributed by atoms with Crippen LogP contribution < -0.4 is 11.1 Å². The zero-order chi connectivity index (χ0) is 29.1. The Morgan fingerprint density at radius 3 is 2.00 bits per heavy atom. The van der Waals surface area contributed by atoms with Crippen molar-refractivity contribution in [1.29, 1.82) is 0 Å². The van der Waals surface area contributed by atoms with Gasteiger partial charge in [-0.25, -0.2) is 8.78 Å². The Bertz CT molecular complexity index is 1200. The van der Waals surface area contributed by atoms with Crippen molar-refractivity contribution in [2.75, 3.05) is 0 Å². The van der Waals surface area contributed by atoms with Gasteiger partial charge in [0.1, 0.15) is 18.8 Å². The SMILES string of the molecule is CC(CC(=O)OCc1ccccc1)[C@H](N)C(=O)NC(c1ccccc1)C(O)C(F)(F)C(O)CCc1ccccc1. The number of halogens is 2. The van der Waals surface area contributed by atoms with Crippen LogP contribution in [0.4, 0.5) is 8.78 Å². The lowest BCUT2D eigenvalue weighted by Gasteiger charge is -2.34. The molecule has 3 rings (SSSR count). The molecule has 0 bridgehead atoms. The van der Waals surface area contributed by atoms with E-state index < -0.39 is 48.0 Å². The summed E-state index contributed by atoms with van der Waals surface area (Å²) >= 11 is 0. The second-order valence-electron chi connectivity index (χ2n) is 9.91. The molecule has 5 atom stereocenters. The predicted octanol–water partition coefficient (Wildman–Crippen LogP) is 3.93. The summed E-state index contributed by atoms with van der Waals surface area (Å²) < 4.78 is 35.9. The van der Waals surface area contributed by atoms with E-state index in [4.69, 9.17) is 10.5 Å². The van der Waals surface area contributed by atoms with E-state index in [2.05, 4.69) is 5.32 Å². The maximum Gasteiger partial charge on any atom is 0.306 e. The van der Waals surface area contributed by atoms with Crippen molar-refractivity contribution in [3.63, 3.8) is 0 Å². The maximum atomic E-state index is 15.3. The normalized spacial score (nSPS) is 15.3. The number of alkyl halides is 2. The Morgan fingerprint density at radius 2 is 1.43 bits per heavy atom. The number of hydrogen-bond donors (Lipinski definition) is 4. The van der Waals surface area contributed by atoms with Crippen LogP contribution in [0.3, 0.4) is 0 Å². The summed E-state index contributed by atoms with van der Waals surface area (Å²) in [5, 5.41) is 23.6. The number of carbonyl (C=O) groups excluding carboxylic acids is 2. The number of aryl methyl sites for hydroxylation is 1. The number of aliphatic hydroxyl groups excluding tert-OH is 2. The number of nitrogens with two attached hydrogens (primary N) is 1. The molecule has 0 aromatic heterocycles. The molecule has 0 aliphatic heterocycles. The number of ether oxygens (including phenoxy) is 1. The Balaban J connectivity index is 1.65. The van der Waals surface area contributed by atoms with E-state index in [1.165, 1.54) is 12.1 Å². The van der Waals surface area contributed by atoms with E-state index >= 15 is 8.78 Å². The van der Waals surface area contributed by atoms with Gasteiger partial charge in [-0.1, -0.05) is 97.9 Å². The first-order chi connectivity index (χ1) is 19.1. The standard InChI is InChI=1S/C31H36F2N2O5/c1-21(19-26(37)40-20-23-13-7-3-8-14-23)27(34)30(39)35-28(24-15-9-4-10-16-24)29(38)31(32,33)25(36)18-17-22-11-5-2-6-12-22/h2-16,21,25,27-29,36,38H,17-20,34H2,1H3,(H,35,39)/t21?,25?,27-,28?,29?/m0/s1. The summed E-state index contributed by atoms with van der Waals surface area (Å²) in [5.74, 6) is -6.04. The van der Waals surface area contributed by atoms with Crippen molar-refractivity contribution < 1.29 is 33.3 Å². The minimum Gasteiger partial charge on any atom is -0.461 e. The summed E-state index contributed by atoms with van der Waals surface area (Å²) in [4.78, 5) is 25.3. The molecule has 0 heterocycles. The largest absolute Gasteiger partial charge is 0.461 e. The molecule has 40 heavy (non-hydrogen) atoms. The lowest BCUT2D eigenvalue weighted by Crippen LogP contribution is -2.54. The summed E-state index contributed by atoms with van der Waals surface area (Å²) in [6.45, 7) is 1.64. The Kier molecular flexibility index (Phi) is 11.3. The third-order valence-electron chi connectivity index (χ3n) is 6.81. The molecule has 1 amide bonds. The Morgan fingerprint density at radius 1 is 0.900 bits per heavy atom. The molecule has 4 unspecified atom stereocenters. The van der Waals surface area contributed by atoms with Crippen molar-refractivity contribution in [2.24, 2.45) is 11.7 Å². The number of amides is 1. The van der Waals surface area contributed by atoms with Gasteiger partial charge < -0.3 is 26.0 Å². The van der Waals surface area contributed by atoms with Gasteiger partial charge in [-0.3, -0.25) is 9.59 Å². The molecule has 5 N–H and O–H groups in total. The number of nitrogens with one attached hydrogen (secondary N) is 1. The van der Waals surface area contributed by atoms with Crippen LogP contribution in [-0.2, 0) is 27.4 Å². The smallest absolute Gasteiger partial charge is 0.306 e. The van der Waals surface area contributed by atoms with Crippen LogP contribution in [0.5, 0.6) is 0 Å². The molecule has 0 spiro atoms. The number of aliphatic hydroxyl groups is 2. The fourth-order valence-electron chi connectivity index (χ4n) is 4.26. The monoisotopic (exact) mass is 554 g/mol. The molecule has 0 aliphatic rings. The van der Waals surface area contributed by atoms with Gasteiger partial charge in [-0.15, -0.1) is 0 Å². The first kappa shape index (κ1) is 30.9. The lowest BCUT2D eigenvalue weighted by atomic mass is 9.90. The second kappa shape index (κ2) is 14.6. The zero-order valence-electron chi connectivity index (χ0n) is 22.3. The van der Waals surface area contributed by atoms with Crippen molar-refractivity contribution in [2.45, 2.75) is 63.0 Å². The van der Waals surface area contributed by atoms with Gasteiger partial charge in [0.25, 0.3) is 0 Å². The summed E-state index contributed by atoms with van der Waals surface area (Å²) in [6.07, 6.45) is -4.92. The van der Waals surface area contributed by atoms with Crippen LogP contribution >= 0.6 is 0 Å². The molecule has 3 aromatic rings. The van der Waals surface area contributed by atoms with Crippen LogP contribution in [0.25, 0.3) is 0 Å². The first-order valence-corrected chi connectivity index (χ1v) is 13.2. The van der Waals surface area contributed by atoms with Gasteiger partial charge >= 0.3 is 11.9 Å². The third kappa shape index (κ3) is 8.67. The highest BCUT2D eigenvalue weighted by atomic mass is 19.3. The average Bonchev–Trinajstić information content (AvgIpc) is 2.98. The molecular formula is C31H36F2N2O5. The van der Waals surface area contributed by atoms with E-state index in [0.717, 1.165) is 11.1 Å². The number of rotatable bonds is 14. The van der Waals surface area contributed by atoms with E-state index in [1.807, 2.05) is 18.2 Å². The highest BCUT2D eigenvalue weighted by molar-refractivity contribution is 5.83. The second-order valence-corrected chi connectivity index (χ2v) is 9.91. The summed E-state index contributed by atoms with van der Waals surface area (Å²) in [7, 11) is 0. The summed E-state index contributed by atoms with van der Waals surface area (Å²) in [5.41, 5.74) is 7.86. The lowest BCUT2D eigenvalue weighted by molar-refractivity contribution is -0.188. The molecular weight excluding hydrogens is 518 g/mol. The molecule has 0 saturated heterocycles. The van der Waals surface area contributed by atoms with Crippen LogP contribution in [0.15, 0.2) is 91.0 Å². The molecule has 0 saturated carbocycles. The molecule has 7 nitrogen and oxygen atoms in total. The van der Waals surface area contributed by atoms with E-state index in [9.17, 15) is 19.8 Å². The number of benzene rings is 3. The Hall–Kier alpha value is -3.66. The minimum atomic E-state index is -3.96. The van der Waals surface area contributed by atoms with Crippen LogP contribution in [-0.4, -0.2) is 46.3 Å². The molecule has 214 valence electrons. The number of hydrogen-bond acceptors (Lipinski definition) is 6. The quantitative estimate of drug-likeness (QED) is 0.224. The third-order valence-corrected chi connectivity index (χ3v) is 6.81. The highest BCUT2D eigenvalue weighted by Gasteiger charge is 2.50. The Labute approximate surface area is 233 Å². The molecule has 0 fully saturated rings. The van der Waals surface area contributed by atoms with Crippen molar-refractivity contribution >= 4 is 11.9 Å². The topological polar surface area (TPSA) is 122 Å². The van der Waals surface area contributed by atoms with Gasteiger partial charge in [0, 0.05) is 0 Å². The van der Waals surface area contributed by atoms with E-state index in [1.54, 1.807) is 67.6 Å². The van der Waals surface area contributed by atoms with Crippen LogP contribution in [0.1, 0.15) is 42.5 Å². The zero-order valence-corrected chi connectivity index (χ0v) is 22.3. The highest BCUT2D eigenvalue weighted by Crippen LogP contribution is 2.34. The molecule has 3 aromatic carbocycles. The fourth-order valence-corrected chi connectivity index (χ4v) is 4.26. The van der Waals surface area contributed by atoms with E-state index in [0.29, 0.717) is 0 Å². The number of carbonyl (C=O) groups is 2. The maximum absolute atomic E-state index is 15.3. The van der Waals surface area contributed by atoms with E-state index in [-0.39, 0.29) is 31.4 Å². The molecule has 9 heteroatoms. The van der Waals surface area contributed by atoms with Crippen molar-refractivity contribution in [3.8, 4) is 0 Å². The number of esters is 1. The average molecular weight is 555 g/mol. The van der Waals surface area contributed by atoms with Crippen molar-refractivity contribution in [1.82, 2.24) is 5.32 Å². The molecule has 0 radical (unpaired) electrons. The van der Waals surface area contributed by atoms with Gasteiger partial charge in [0.15, 0.2) is 0 Å². The fraction of sp³-hybridized carbons (Fsp3) is 0.355. The summed E-state index contributed by atoms with van der Waals surface area (Å²) in [6, 6.07) is 22.9. The van der Waals surface area contributed by atoms with Crippen molar-refractivity contribution in [3.05, 3.63) is 108 Å². The predicted molar refractivity (Wildman–Crippen MR) is 147 cm³/mol. The first-order valence-electron chi connectivity index (χ1n) is 13.2. The minimum absolute atomic E-state index is 0.0672. The van der Waals surface area contributed by atoms with Gasteiger partial charge in [-0.2, -0.15) is 0 Å². The van der Waals surface area contributed by atoms with Gasteiger partial charge in [-0.05, 0) is 35.4 Å². The molecule has 0 aliphatic carbocycles. The van der Waals surface area contributed by atoms with Gasteiger partial charge in [0.2, 0.25) is 5.91 Å². The van der Waals surface area contributed by atoms with Gasteiger partial charge in [0.05, 0.1) is 18.5 Å². The van der Waals surface area contributed by atoms with Crippen LogP contribution in [0, 0.1) is 5.92 Å². The van der Waals surface area contributed by atoms with Crippen LogP contribution in [0.2, 0.25) is 0 Å².